The fourth-order valence-electron chi connectivity index (χ4n) is 2.74. The number of H-pyrrole nitrogens is 1. The summed E-state index contributed by atoms with van der Waals surface area (Å²) in [6, 6.07) is 0. The molecular weight excluding hydrogens is 300 g/mol. The fraction of sp³-hybridized carbons (Fsp3) is 0.600. The van der Waals surface area contributed by atoms with Crippen molar-refractivity contribution in [2.24, 2.45) is 0 Å². The van der Waals surface area contributed by atoms with E-state index in [4.69, 9.17) is 4.74 Å². The maximum Gasteiger partial charge on any atom is 0.350 e. The van der Waals surface area contributed by atoms with Crippen LogP contribution in [0.2, 0.25) is 0 Å². The van der Waals surface area contributed by atoms with Crippen LogP contribution in [0.25, 0.3) is 10.8 Å². The summed E-state index contributed by atoms with van der Waals surface area (Å²) in [5, 5.41) is 7.24. The van der Waals surface area contributed by atoms with Crippen LogP contribution in [-0.2, 0) is 4.74 Å². The third-order valence-electron chi connectivity index (χ3n) is 3.93. The molecule has 1 aliphatic rings. The van der Waals surface area contributed by atoms with Gasteiger partial charge in [0.05, 0.1) is 5.69 Å². The Morgan fingerprint density at radius 2 is 2.00 bits per heavy atom. The maximum absolute atomic E-state index is 12.4. The lowest BCUT2D eigenvalue weighted by Gasteiger charge is -2.19. The molecule has 7 heteroatoms. The average molecular weight is 320 g/mol. The van der Waals surface area contributed by atoms with Crippen molar-refractivity contribution in [3.63, 3.8) is 0 Å². The average Bonchev–Trinajstić information content (AvgIpc) is 3.10. The van der Waals surface area contributed by atoms with Gasteiger partial charge >= 0.3 is 5.97 Å². The lowest BCUT2D eigenvalue weighted by Crippen LogP contribution is -2.19. The topological polar surface area (TPSA) is 80.8 Å². The number of ether oxygens (including phenoxy) is 1. The Hall–Kier alpha value is -1.76. The lowest BCUT2D eigenvalue weighted by molar-refractivity contribution is 0.0244. The number of rotatable bonds is 3. The summed E-state index contributed by atoms with van der Waals surface area (Å²) < 4.78 is 5.71. The van der Waals surface area contributed by atoms with Gasteiger partial charge in [-0.25, -0.2) is 14.8 Å². The van der Waals surface area contributed by atoms with Crippen LogP contribution in [0, 0.1) is 6.92 Å². The van der Waals surface area contributed by atoms with Gasteiger partial charge in [0.1, 0.15) is 17.3 Å². The minimum Gasteiger partial charge on any atom is -0.458 e. The Morgan fingerprint density at radius 3 is 2.68 bits per heavy atom. The van der Waals surface area contributed by atoms with Crippen LogP contribution in [0.4, 0.5) is 0 Å². The van der Waals surface area contributed by atoms with Gasteiger partial charge in [-0.05, 0) is 32.6 Å². The molecule has 0 bridgehead atoms. The van der Waals surface area contributed by atoms with Gasteiger partial charge in [0.25, 0.3) is 0 Å². The number of aromatic amines is 1. The zero-order valence-corrected chi connectivity index (χ0v) is 13.5. The summed E-state index contributed by atoms with van der Waals surface area (Å²) in [5.41, 5.74) is 0.687. The molecule has 0 spiro atoms. The predicted octanol–water partition coefficient (Wildman–Crippen LogP) is 3.51. The van der Waals surface area contributed by atoms with Gasteiger partial charge in [0.2, 0.25) is 0 Å². The second kappa shape index (κ2) is 7.00. The fourth-order valence-corrected chi connectivity index (χ4v) is 3.63. The molecule has 0 saturated heterocycles. The Morgan fingerprint density at radius 1 is 1.27 bits per heavy atom. The highest BCUT2D eigenvalue weighted by Gasteiger charge is 2.22. The van der Waals surface area contributed by atoms with Crippen LogP contribution < -0.4 is 0 Å². The van der Waals surface area contributed by atoms with E-state index in [2.05, 4.69) is 20.2 Å². The Balaban J connectivity index is 1.69. The van der Waals surface area contributed by atoms with E-state index < -0.39 is 0 Å². The number of thiazole rings is 1. The molecule has 2 aromatic heterocycles. The first kappa shape index (κ1) is 15.1. The molecule has 2 heterocycles. The molecule has 1 aliphatic carbocycles. The van der Waals surface area contributed by atoms with E-state index in [1.165, 1.54) is 36.9 Å². The number of hydrogen-bond acceptors (Lipinski definition) is 6. The second-order valence-corrected chi connectivity index (χ2v) is 6.64. The Labute approximate surface area is 133 Å². The zero-order valence-electron chi connectivity index (χ0n) is 12.7. The Kier molecular flexibility index (Phi) is 4.82. The van der Waals surface area contributed by atoms with Crippen molar-refractivity contribution in [2.45, 2.75) is 58.0 Å². The van der Waals surface area contributed by atoms with E-state index in [-0.39, 0.29) is 12.1 Å². The molecule has 0 atom stereocenters. The van der Waals surface area contributed by atoms with Crippen molar-refractivity contribution < 1.29 is 9.53 Å². The third-order valence-corrected chi connectivity index (χ3v) is 5.07. The van der Waals surface area contributed by atoms with Crippen LogP contribution in [0.1, 0.15) is 60.3 Å². The first-order chi connectivity index (χ1) is 10.7. The van der Waals surface area contributed by atoms with Gasteiger partial charge in [-0.15, -0.1) is 11.3 Å². The largest absolute Gasteiger partial charge is 0.458 e. The quantitative estimate of drug-likeness (QED) is 0.875. The van der Waals surface area contributed by atoms with Gasteiger partial charge < -0.3 is 4.74 Å². The van der Waals surface area contributed by atoms with E-state index in [1.807, 2.05) is 6.92 Å². The standard InChI is InChI=1S/C15H20N4O2S/c1-10-12(22-14(18-10)13-16-9-17-19-13)15(20)21-11-7-5-3-2-4-6-8-11/h9,11H,2-8H2,1H3,(H,16,17,19). The first-order valence-corrected chi connectivity index (χ1v) is 8.60. The van der Waals surface area contributed by atoms with E-state index in [9.17, 15) is 4.79 Å². The van der Waals surface area contributed by atoms with Gasteiger partial charge in [-0.1, -0.05) is 19.3 Å². The smallest absolute Gasteiger partial charge is 0.350 e. The van der Waals surface area contributed by atoms with Crippen molar-refractivity contribution in [2.75, 3.05) is 0 Å². The molecule has 118 valence electrons. The van der Waals surface area contributed by atoms with E-state index in [1.54, 1.807) is 0 Å². The zero-order chi connectivity index (χ0) is 15.4. The van der Waals surface area contributed by atoms with E-state index >= 15 is 0 Å². The molecular formula is C15H20N4O2S. The minimum atomic E-state index is -0.258. The summed E-state index contributed by atoms with van der Waals surface area (Å²) >= 11 is 1.30. The first-order valence-electron chi connectivity index (χ1n) is 7.78. The summed E-state index contributed by atoms with van der Waals surface area (Å²) in [5.74, 6) is 0.324. The highest BCUT2D eigenvalue weighted by Crippen LogP contribution is 2.27. The molecule has 0 radical (unpaired) electrons. The monoisotopic (exact) mass is 320 g/mol. The van der Waals surface area contributed by atoms with Crippen molar-refractivity contribution in [1.29, 1.82) is 0 Å². The molecule has 1 saturated carbocycles. The molecule has 3 rings (SSSR count). The number of carbonyl (C=O) groups is 1. The van der Waals surface area contributed by atoms with Crippen LogP contribution in [-0.4, -0.2) is 32.2 Å². The molecule has 1 fully saturated rings. The minimum absolute atomic E-state index is 0.0445. The van der Waals surface area contributed by atoms with Gasteiger partial charge in [-0.3, -0.25) is 5.10 Å². The van der Waals surface area contributed by atoms with E-state index in [0.29, 0.717) is 21.4 Å². The number of esters is 1. The highest BCUT2D eigenvalue weighted by molar-refractivity contribution is 7.16. The predicted molar refractivity (Wildman–Crippen MR) is 83.8 cm³/mol. The summed E-state index contributed by atoms with van der Waals surface area (Å²) in [6.45, 7) is 1.82. The SMILES string of the molecule is Cc1nc(-c2ncn[nH]2)sc1C(=O)OC1CCCCCCC1. The molecule has 2 aromatic rings. The molecule has 0 aromatic carbocycles. The van der Waals surface area contributed by atoms with Crippen LogP contribution in [0.15, 0.2) is 6.33 Å². The van der Waals surface area contributed by atoms with Gasteiger partial charge in [0, 0.05) is 0 Å². The highest BCUT2D eigenvalue weighted by atomic mass is 32.1. The summed E-state index contributed by atoms with van der Waals surface area (Å²) in [7, 11) is 0. The lowest BCUT2D eigenvalue weighted by atomic mass is 9.98. The summed E-state index contributed by atoms with van der Waals surface area (Å²) in [6.07, 6.45) is 9.48. The van der Waals surface area contributed by atoms with Crippen LogP contribution in [0.3, 0.4) is 0 Å². The molecule has 22 heavy (non-hydrogen) atoms. The number of aromatic nitrogens is 4. The van der Waals surface area contributed by atoms with E-state index in [0.717, 1.165) is 25.7 Å². The molecule has 6 nitrogen and oxygen atoms in total. The number of hydrogen-bond donors (Lipinski definition) is 1. The van der Waals surface area contributed by atoms with Gasteiger partial charge in [0.15, 0.2) is 10.8 Å². The van der Waals surface area contributed by atoms with Crippen molar-refractivity contribution in [3.05, 3.63) is 16.9 Å². The van der Waals surface area contributed by atoms with Gasteiger partial charge in [-0.2, -0.15) is 5.10 Å². The number of aryl methyl sites for hydroxylation is 1. The van der Waals surface area contributed by atoms with Crippen molar-refractivity contribution >= 4 is 17.3 Å². The van der Waals surface area contributed by atoms with Crippen molar-refractivity contribution in [1.82, 2.24) is 20.2 Å². The number of nitrogens with zero attached hydrogens (tertiary/aromatic N) is 3. The maximum atomic E-state index is 12.4. The van der Waals surface area contributed by atoms with Crippen molar-refractivity contribution in [3.8, 4) is 10.8 Å². The molecule has 0 amide bonds. The number of carbonyl (C=O) groups excluding carboxylic acids is 1. The van der Waals surface area contributed by atoms with Crippen LogP contribution in [0.5, 0.6) is 0 Å². The normalized spacial score (nSPS) is 17.0. The third kappa shape index (κ3) is 3.52. The molecule has 0 aliphatic heterocycles. The molecule has 1 N–H and O–H groups in total. The summed E-state index contributed by atoms with van der Waals surface area (Å²) in [4.78, 5) is 21.4. The second-order valence-electron chi connectivity index (χ2n) is 5.64. The molecule has 0 unspecified atom stereocenters. The Bertz CT molecular complexity index is 616. The van der Waals surface area contributed by atoms with Crippen LogP contribution >= 0.6 is 11.3 Å². The number of nitrogens with one attached hydrogen (secondary N) is 1.